The van der Waals surface area contributed by atoms with E-state index in [9.17, 15) is 9.18 Å². The van der Waals surface area contributed by atoms with Crippen molar-refractivity contribution in [2.45, 2.75) is 32.3 Å². The molecule has 1 saturated heterocycles. The SMILES string of the molecule is CCc1c(F)ccc2cc(OCOC)cc(C3CC(=O)CCO3)c12. The monoisotopic (exact) mass is 332 g/mol. The lowest BCUT2D eigenvalue weighted by molar-refractivity contribution is -0.128. The van der Waals surface area contributed by atoms with Crippen LogP contribution in [0.25, 0.3) is 10.8 Å². The fourth-order valence-corrected chi connectivity index (χ4v) is 3.21. The summed E-state index contributed by atoms with van der Waals surface area (Å²) < 4.78 is 30.6. The van der Waals surface area contributed by atoms with Crippen LogP contribution in [0, 0.1) is 5.82 Å². The predicted molar refractivity (Wildman–Crippen MR) is 88.7 cm³/mol. The lowest BCUT2D eigenvalue weighted by Crippen LogP contribution is -2.20. The molecule has 1 unspecified atom stereocenters. The number of fused-ring (bicyclic) bond motifs is 1. The van der Waals surface area contributed by atoms with Crippen LogP contribution < -0.4 is 4.74 Å². The summed E-state index contributed by atoms with van der Waals surface area (Å²) in [6.45, 7) is 2.44. The van der Waals surface area contributed by atoms with Crippen molar-refractivity contribution in [3.63, 3.8) is 0 Å². The van der Waals surface area contributed by atoms with Gasteiger partial charge < -0.3 is 14.2 Å². The summed E-state index contributed by atoms with van der Waals surface area (Å²) in [5.74, 6) is 0.547. The Morgan fingerprint density at radius 1 is 1.33 bits per heavy atom. The average Bonchev–Trinajstić information content (AvgIpc) is 2.59. The number of hydrogen-bond donors (Lipinski definition) is 0. The Balaban J connectivity index is 2.17. The third-order valence-electron chi connectivity index (χ3n) is 4.33. The van der Waals surface area contributed by atoms with Gasteiger partial charge in [-0.05, 0) is 46.5 Å². The van der Waals surface area contributed by atoms with Gasteiger partial charge in [0, 0.05) is 20.0 Å². The Labute approximate surface area is 140 Å². The van der Waals surface area contributed by atoms with Gasteiger partial charge in [0.2, 0.25) is 0 Å². The molecule has 0 bridgehead atoms. The van der Waals surface area contributed by atoms with E-state index in [4.69, 9.17) is 14.2 Å². The van der Waals surface area contributed by atoms with Crippen LogP contribution in [0.2, 0.25) is 0 Å². The van der Waals surface area contributed by atoms with Gasteiger partial charge in [-0.15, -0.1) is 0 Å². The summed E-state index contributed by atoms with van der Waals surface area (Å²) in [5, 5.41) is 1.69. The topological polar surface area (TPSA) is 44.8 Å². The standard InChI is InChI=1S/C19H21FO4/c1-3-15-17(20)5-4-12-8-14(24-11-22-2)10-16(19(12)15)18-9-13(21)6-7-23-18/h4-5,8,10,18H,3,6-7,9,11H2,1-2H3. The quantitative estimate of drug-likeness (QED) is 0.778. The Kier molecular flexibility index (Phi) is 5.11. The molecule has 1 heterocycles. The van der Waals surface area contributed by atoms with E-state index >= 15 is 0 Å². The summed E-state index contributed by atoms with van der Waals surface area (Å²) in [4.78, 5) is 11.9. The van der Waals surface area contributed by atoms with Crippen molar-refractivity contribution in [1.29, 1.82) is 0 Å². The number of methoxy groups -OCH3 is 1. The van der Waals surface area contributed by atoms with E-state index < -0.39 is 0 Å². The zero-order chi connectivity index (χ0) is 17.1. The zero-order valence-corrected chi connectivity index (χ0v) is 13.9. The highest BCUT2D eigenvalue weighted by Gasteiger charge is 2.25. The maximum absolute atomic E-state index is 14.3. The number of carbonyl (C=O) groups is 1. The second-order valence-electron chi connectivity index (χ2n) is 5.89. The number of Topliss-reactive ketones (excluding diaryl/α,β-unsaturated/α-hetero) is 1. The van der Waals surface area contributed by atoms with Crippen molar-refractivity contribution in [3.05, 3.63) is 41.2 Å². The number of ketones is 1. The van der Waals surface area contributed by atoms with Gasteiger partial charge in [-0.1, -0.05) is 13.0 Å². The summed E-state index contributed by atoms with van der Waals surface area (Å²) in [6, 6.07) is 6.90. The van der Waals surface area contributed by atoms with Crippen LogP contribution >= 0.6 is 0 Å². The fraction of sp³-hybridized carbons (Fsp3) is 0.421. The first-order valence-corrected chi connectivity index (χ1v) is 8.14. The largest absolute Gasteiger partial charge is 0.468 e. The summed E-state index contributed by atoms with van der Waals surface area (Å²) >= 11 is 0. The summed E-state index contributed by atoms with van der Waals surface area (Å²) in [6.07, 6.45) is 0.938. The van der Waals surface area contributed by atoms with Gasteiger partial charge in [0.1, 0.15) is 17.3 Å². The fourth-order valence-electron chi connectivity index (χ4n) is 3.21. The van der Waals surface area contributed by atoms with E-state index in [1.165, 1.54) is 6.07 Å². The van der Waals surface area contributed by atoms with Crippen molar-refractivity contribution >= 4 is 16.6 Å². The minimum Gasteiger partial charge on any atom is -0.468 e. The molecule has 2 aromatic carbocycles. The molecule has 2 aromatic rings. The molecule has 24 heavy (non-hydrogen) atoms. The maximum Gasteiger partial charge on any atom is 0.188 e. The number of halogens is 1. The molecule has 0 spiro atoms. The van der Waals surface area contributed by atoms with Gasteiger partial charge in [0.15, 0.2) is 6.79 Å². The van der Waals surface area contributed by atoms with Crippen molar-refractivity contribution in [3.8, 4) is 5.75 Å². The highest BCUT2D eigenvalue weighted by molar-refractivity contribution is 5.91. The second kappa shape index (κ2) is 7.28. The van der Waals surface area contributed by atoms with E-state index in [0.717, 1.165) is 16.3 Å². The highest BCUT2D eigenvalue weighted by atomic mass is 19.1. The van der Waals surface area contributed by atoms with E-state index in [1.807, 2.05) is 19.1 Å². The molecule has 0 saturated carbocycles. The number of benzene rings is 2. The predicted octanol–water partition coefficient (Wildman–Crippen LogP) is 3.94. The number of ether oxygens (including phenoxy) is 3. The Hall–Kier alpha value is -1.98. The Morgan fingerprint density at radius 3 is 2.88 bits per heavy atom. The third kappa shape index (κ3) is 3.28. The number of aryl methyl sites for hydroxylation is 1. The van der Waals surface area contributed by atoms with Crippen LogP contribution in [0.15, 0.2) is 24.3 Å². The minimum absolute atomic E-state index is 0.122. The molecule has 3 rings (SSSR count). The van der Waals surface area contributed by atoms with Crippen LogP contribution in [0.5, 0.6) is 5.75 Å². The van der Waals surface area contributed by atoms with Gasteiger partial charge in [-0.25, -0.2) is 4.39 Å². The molecule has 0 aliphatic carbocycles. The molecule has 0 radical (unpaired) electrons. The normalized spacial score (nSPS) is 18.1. The molecule has 0 N–H and O–H groups in total. The third-order valence-corrected chi connectivity index (χ3v) is 4.33. The lowest BCUT2D eigenvalue weighted by atomic mass is 9.91. The number of rotatable bonds is 5. The van der Waals surface area contributed by atoms with Gasteiger partial charge in [0.25, 0.3) is 0 Å². The van der Waals surface area contributed by atoms with Crippen LogP contribution in [0.4, 0.5) is 4.39 Å². The minimum atomic E-state index is -0.369. The van der Waals surface area contributed by atoms with Crippen molar-refractivity contribution in [2.24, 2.45) is 0 Å². The molecular formula is C19H21FO4. The molecule has 128 valence electrons. The van der Waals surface area contributed by atoms with Crippen molar-refractivity contribution in [1.82, 2.24) is 0 Å². The van der Waals surface area contributed by atoms with Crippen molar-refractivity contribution < 1.29 is 23.4 Å². The molecule has 1 fully saturated rings. The highest BCUT2D eigenvalue weighted by Crippen LogP contribution is 2.37. The molecule has 1 aliphatic rings. The lowest BCUT2D eigenvalue weighted by Gasteiger charge is -2.25. The van der Waals surface area contributed by atoms with Gasteiger partial charge >= 0.3 is 0 Å². The van der Waals surface area contributed by atoms with E-state index in [-0.39, 0.29) is 24.5 Å². The van der Waals surface area contributed by atoms with E-state index in [1.54, 1.807) is 13.2 Å². The first-order chi connectivity index (χ1) is 11.6. The molecule has 1 aliphatic heterocycles. The maximum atomic E-state index is 14.3. The van der Waals surface area contributed by atoms with Crippen LogP contribution in [-0.4, -0.2) is 26.3 Å². The van der Waals surface area contributed by atoms with Crippen LogP contribution in [0.3, 0.4) is 0 Å². The summed E-state index contributed by atoms with van der Waals surface area (Å²) in [7, 11) is 1.55. The molecule has 1 atom stereocenters. The van der Waals surface area contributed by atoms with Crippen LogP contribution in [0.1, 0.15) is 37.0 Å². The van der Waals surface area contributed by atoms with E-state index in [2.05, 4.69) is 0 Å². The number of carbonyl (C=O) groups excluding carboxylic acids is 1. The van der Waals surface area contributed by atoms with Crippen LogP contribution in [-0.2, 0) is 20.7 Å². The van der Waals surface area contributed by atoms with Crippen molar-refractivity contribution in [2.75, 3.05) is 20.5 Å². The summed E-state index contributed by atoms with van der Waals surface area (Å²) in [5.41, 5.74) is 1.45. The first-order valence-electron chi connectivity index (χ1n) is 8.14. The molecule has 0 amide bonds. The first kappa shape index (κ1) is 16.9. The Morgan fingerprint density at radius 2 is 2.17 bits per heavy atom. The molecular weight excluding hydrogens is 311 g/mol. The average molecular weight is 332 g/mol. The number of hydrogen-bond acceptors (Lipinski definition) is 4. The molecule has 4 nitrogen and oxygen atoms in total. The van der Waals surface area contributed by atoms with Gasteiger partial charge in [0.05, 0.1) is 12.7 Å². The second-order valence-corrected chi connectivity index (χ2v) is 5.89. The zero-order valence-electron chi connectivity index (χ0n) is 13.9. The molecule has 0 aromatic heterocycles. The van der Waals surface area contributed by atoms with E-state index in [0.29, 0.717) is 37.2 Å². The van der Waals surface area contributed by atoms with Gasteiger partial charge in [-0.3, -0.25) is 4.79 Å². The Bertz CT molecular complexity index is 757. The van der Waals surface area contributed by atoms with Gasteiger partial charge in [-0.2, -0.15) is 0 Å². The molecule has 5 heteroatoms. The smallest absolute Gasteiger partial charge is 0.188 e.